The van der Waals surface area contributed by atoms with Gasteiger partial charge in [0, 0.05) is 11.8 Å². The van der Waals surface area contributed by atoms with Crippen LogP contribution in [0.1, 0.15) is 38.2 Å². The van der Waals surface area contributed by atoms with Crippen LogP contribution in [0.3, 0.4) is 0 Å². The molecule has 4 rings (SSSR count). The third-order valence-corrected chi connectivity index (χ3v) is 5.75. The molecule has 0 aromatic heterocycles. The molecule has 1 saturated carbocycles. The van der Waals surface area contributed by atoms with E-state index in [1.54, 1.807) is 4.90 Å². The van der Waals surface area contributed by atoms with E-state index in [0.717, 1.165) is 49.2 Å². The van der Waals surface area contributed by atoms with E-state index in [-0.39, 0.29) is 30.3 Å². The van der Waals surface area contributed by atoms with Crippen molar-refractivity contribution in [2.24, 2.45) is 10.9 Å². The first-order chi connectivity index (χ1) is 14.1. The van der Waals surface area contributed by atoms with E-state index in [4.69, 9.17) is 4.99 Å². The maximum atomic E-state index is 13.2. The quantitative estimate of drug-likeness (QED) is 0.810. The van der Waals surface area contributed by atoms with Crippen molar-refractivity contribution in [3.05, 3.63) is 60.2 Å². The number of hydrogen-bond donors (Lipinski definition) is 1. The number of amides is 2. The molecule has 2 atom stereocenters. The molecule has 0 bridgehead atoms. The highest BCUT2D eigenvalue weighted by Crippen LogP contribution is 2.37. The molecule has 2 amide bonds. The highest BCUT2D eigenvalue weighted by Gasteiger charge is 2.37. The maximum Gasteiger partial charge on any atom is 0.240 e. The second kappa shape index (κ2) is 8.60. The third-order valence-electron chi connectivity index (χ3n) is 5.75. The third kappa shape index (κ3) is 4.39. The molecule has 1 aliphatic heterocycles. The van der Waals surface area contributed by atoms with Crippen molar-refractivity contribution < 1.29 is 9.59 Å². The fourth-order valence-corrected chi connectivity index (χ4v) is 4.20. The first-order valence-corrected chi connectivity index (χ1v) is 10.4. The molecule has 0 radical (unpaired) electrons. The number of para-hydroxylation sites is 2. The smallest absolute Gasteiger partial charge is 0.240 e. The molecule has 0 unspecified atom stereocenters. The van der Waals surface area contributed by atoms with Crippen molar-refractivity contribution in [1.29, 1.82) is 0 Å². The van der Waals surface area contributed by atoms with Crippen molar-refractivity contribution >= 4 is 28.9 Å². The standard InChI is InChI=1S/C24H27N3O2/c1-17(14-15-18-8-3-2-4-9-18)25-23(28)16-27-22-13-6-5-11-21(22)26-20-12-7-10-19(20)24(27)29/h2-6,8-9,11,13,17,19H,7,10,12,14-16H2,1H3,(H,25,28)/t17-,19-/m0/s1. The van der Waals surface area contributed by atoms with E-state index in [0.29, 0.717) is 0 Å². The lowest BCUT2D eigenvalue weighted by atomic mass is 10.0. The van der Waals surface area contributed by atoms with Crippen molar-refractivity contribution in [3.8, 4) is 0 Å². The molecule has 2 aromatic rings. The SMILES string of the molecule is C[C@@H](CCc1ccccc1)NC(=O)CN1C(=O)[C@H]2CCCC2=Nc2ccccc21. The summed E-state index contributed by atoms with van der Waals surface area (Å²) in [5.74, 6) is -0.320. The molecular formula is C24H27N3O2. The van der Waals surface area contributed by atoms with Crippen LogP contribution in [-0.2, 0) is 16.0 Å². The first kappa shape index (κ1) is 19.4. The zero-order valence-electron chi connectivity index (χ0n) is 16.8. The van der Waals surface area contributed by atoms with E-state index < -0.39 is 0 Å². The van der Waals surface area contributed by atoms with Crippen LogP contribution < -0.4 is 10.2 Å². The lowest BCUT2D eigenvalue weighted by molar-refractivity contribution is -0.125. The van der Waals surface area contributed by atoms with Crippen LogP contribution in [0.5, 0.6) is 0 Å². The van der Waals surface area contributed by atoms with Crippen LogP contribution in [0, 0.1) is 5.92 Å². The largest absolute Gasteiger partial charge is 0.352 e. The van der Waals surface area contributed by atoms with E-state index in [9.17, 15) is 9.59 Å². The summed E-state index contributed by atoms with van der Waals surface area (Å²) in [7, 11) is 0. The molecule has 0 saturated heterocycles. The zero-order valence-corrected chi connectivity index (χ0v) is 16.8. The number of nitrogens with one attached hydrogen (secondary N) is 1. The van der Waals surface area contributed by atoms with Gasteiger partial charge in [-0.05, 0) is 56.7 Å². The minimum absolute atomic E-state index is 0.00158. The lowest BCUT2D eigenvalue weighted by Crippen LogP contribution is -2.45. The second-order valence-electron chi connectivity index (χ2n) is 7.95. The number of benzene rings is 2. The number of aliphatic imine (C=N–C) groups is 1. The van der Waals surface area contributed by atoms with E-state index in [1.165, 1.54) is 5.56 Å². The summed E-state index contributed by atoms with van der Waals surface area (Å²) in [4.78, 5) is 32.3. The Labute approximate surface area is 171 Å². The summed E-state index contributed by atoms with van der Waals surface area (Å²) in [6.45, 7) is 2.04. The molecule has 29 heavy (non-hydrogen) atoms. The highest BCUT2D eigenvalue weighted by atomic mass is 16.2. The number of rotatable bonds is 6. The molecule has 5 heteroatoms. The Morgan fingerprint density at radius 2 is 1.93 bits per heavy atom. The van der Waals surface area contributed by atoms with Crippen LogP contribution in [-0.4, -0.2) is 30.1 Å². The van der Waals surface area contributed by atoms with Gasteiger partial charge in [0.1, 0.15) is 6.54 Å². The molecule has 0 spiro atoms. The maximum absolute atomic E-state index is 13.2. The molecule has 1 fully saturated rings. The monoisotopic (exact) mass is 389 g/mol. The van der Waals surface area contributed by atoms with E-state index in [2.05, 4.69) is 17.4 Å². The molecule has 5 nitrogen and oxygen atoms in total. The number of anilines is 1. The predicted octanol–water partition coefficient (Wildman–Crippen LogP) is 4.04. The summed E-state index contributed by atoms with van der Waals surface area (Å²) in [6, 6.07) is 17.9. The lowest BCUT2D eigenvalue weighted by Gasteiger charge is -2.25. The van der Waals surface area contributed by atoms with Crippen LogP contribution in [0.15, 0.2) is 59.6 Å². The van der Waals surface area contributed by atoms with Gasteiger partial charge in [-0.2, -0.15) is 0 Å². The van der Waals surface area contributed by atoms with Gasteiger partial charge in [0.15, 0.2) is 0 Å². The highest BCUT2D eigenvalue weighted by molar-refractivity contribution is 6.16. The Kier molecular flexibility index (Phi) is 5.74. The van der Waals surface area contributed by atoms with Crippen molar-refractivity contribution in [2.75, 3.05) is 11.4 Å². The van der Waals surface area contributed by atoms with Gasteiger partial charge in [0.2, 0.25) is 11.8 Å². The molecule has 2 aromatic carbocycles. The Morgan fingerprint density at radius 3 is 2.76 bits per heavy atom. The number of carbonyl (C=O) groups excluding carboxylic acids is 2. The summed E-state index contributed by atoms with van der Waals surface area (Å²) < 4.78 is 0. The molecular weight excluding hydrogens is 362 g/mol. The van der Waals surface area contributed by atoms with Gasteiger partial charge >= 0.3 is 0 Å². The molecule has 1 heterocycles. The Hall–Kier alpha value is -2.95. The van der Waals surface area contributed by atoms with Crippen molar-refractivity contribution in [2.45, 2.75) is 45.1 Å². The normalized spacial score (nSPS) is 19.1. The second-order valence-corrected chi connectivity index (χ2v) is 7.95. The van der Waals surface area contributed by atoms with E-state index in [1.807, 2.05) is 49.4 Å². The zero-order chi connectivity index (χ0) is 20.2. The fourth-order valence-electron chi connectivity index (χ4n) is 4.20. The average molecular weight is 389 g/mol. The number of carbonyl (C=O) groups is 2. The Balaban J connectivity index is 1.42. The van der Waals surface area contributed by atoms with Gasteiger partial charge in [0.05, 0.1) is 17.3 Å². The molecule has 150 valence electrons. The minimum Gasteiger partial charge on any atom is -0.352 e. The van der Waals surface area contributed by atoms with Gasteiger partial charge in [0.25, 0.3) is 0 Å². The van der Waals surface area contributed by atoms with Gasteiger partial charge in [-0.15, -0.1) is 0 Å². The van der Waals surface area contributed by atoms with Gasteiger partial charge in [-0.25, -0.2) is 0 Å². The van der Waals surface area contributed by atoms with Crippen LogP contribution in [0.2, 0.25) is 0 Å². The van der Waals surface area contributed by atoms with Crippen LogP contribution >= 0.6 is 0 Å². The number of aryl methyl sites for hydroxylation is 1. The van der Waals surface area contributed by atoms with Crippen molar-refractivity contribution in [3.63, 3.8) is 0 Å². The Morgan fingerprint density at radius 1 is 1.17 bits per heavy atom. The average Bonchev–Trinajstić information content (AvgIpc) is 3.16. The van der Waals surface area contributed by atoms with Gasteiger partial charge in [-0.3, -0.25) is 14.6 Å². The van der Waals surface area contributed by atoms with Crippen LogP contribution in [0.25, 0.3) is 0 Å². The van der Waals surface area contributed by atoms with Crippen molar-refractivity contribution in [1.82, 2.24) is 5.32 Å². The molecule has 1 aliphatic carbocycles. The number of nitrogens with zero attached hydrogens (tertiary/aromatic N) is 2. The minimum atomic E-state index is -0.189. The summed E-state index contributed by atoms with van der Waals surface area (Å²) >= 11 is 0. The molecule has 1 N–H and O–H groups in total. The summed E-state index contributed by atoms with van der Waals surface area (Å²) in [5.41, 5.74) is 3.73. The predicted molar refractivity (Wildman–Crippen MR) is 116 cm³/mol. The molecule has 2 aliphatic rings. The summed E-state index contributed by atoms with van der Waals surface area (Å²) in [5, 5.41) is 3.06. The summed E-state index contributed by atoms with van der Waals surface area (Å²) in [6.07, 6.45) is 4.43. The van der Waals surface area contributed by atoms with E-state index >= 15 is 0 Å². The fraction of sp³-hybridized carbons (Fsp3) is 0.375. The first-order valence-electron chi connectivity index (χ1n) is 10.4. The topological polar surface area (TPSA) is 61.8 Å². The van der Waals surface area contributed by atoms with Crippen LogP contribution in [0.4, 0.5) is 11.4 Å². The number of hydrogen-bond acceptors (Lipinski definition) is 3. The Bertz CT molecular complexity index is 923. The van der Waals surface area contributed by atoms with Gasteiger partial charge in [-0.1, -0.05) is 42.5 Å². The van der Waals surface area contributed by atoms with Gasteiger partial charge < -0.3 is 10.2 Å². The number of fused-ring (bicyclic) bond motifs is 2.